The second-order valence-corrected chi connectivity index (χ2v) is 6.09. The van der Waals surface area contributed by atoms with Crippen LogP contribution in [0.25, 0.3) is 17.1 Å². The molecule has 130 valence electrons. The van der Waals surface area contributed by atoms with E-state index in [1.807, 2.05) is 36.5 Å². The predicted molar refractivity (Wildman–Crippen MR) is 91.3 cm³/mol. The number of rotatable bonds is 5. The van der Waals surface area contributed by atoms with E-state index in [0.29, 0.717) is 5.82 Å². The molecular formula is C18H20FN5O. The third-order valence-electron chi connectivity index (χ3n) is 4.47. The van der Waals surface area contributed by atoms with Crippen molar-refractivity contribution < 1.29 is 9.13 Å². The molecule has 0 N–H and O–H groups in total. The molecular weight excluding hydrogens is 321 g/mol. The van der Waals surface area contributed by atoms with Crippen LogP contribution in [0.1, 0.15) is 24.6 Å². The normalized spacial score (nSPS) is 15.6. The van der Waals surface area contributed by atoms with Crippen LogP contribution in [0.5, 0.6) is 0 Å². The molecule has 0 amide bonds. The first kappa shape index (κ1) is 16.0. The Morgan fingerprint density at radius 3 is 2.64 bits per heavy atom. The van der Waals surface area contributed by atoms with Crippen molar-refractivity contribution in [2.24, 2.45) is 0 Å². The summed E-state index contributed by atoms with van der Waals surface area (Å²) in [4.78, 5) is 4.72. The van der Waals surface area contributed by atoms with Gasteiger partial charge in [0.1, 0.15) is 6.67 Å². The van der Waals surface area contributed by atoms with Crippen LogP contribution in [0, 0.1) is 0 Å². The van der Waals surface area contributed by atoms with Gasteiger partial charge >= 0.3 is 0 Å². The maximum atomic E-state index is 13.0. The summed E-state index contributed by atoms with van der Waals surface area (Å²) < 4.78 is 21.8. The fraction of sp³-hybridized carbons (Fsp3) is 0.389. The summed E-state index contributed by atoms with van der Waals surface area (Å²) in [6, 6.07) is 9.79. The smallest absolute Gasteiger partial charge is 0.158 e. The fourth-order valence-corrected chi connectivity index (χ4v) is 3.12. The van der Waals surface area contributed by atoms with Crippen LogP contribution in [0.3, 0.4) is 0 Å². The highest BCUT2D eigenvalue weighted by molar-refractivity contribution is 5.57. The van der Waals surface area contributed by atoms with E-state index in [4.69, 9.17) is 9.72 Å². The summed E-state index contributed by atoms with van der Waals surface area (Å²) in [5.74, 6) is 1.80. The molecule has 3 heterocycles. The number of benzene rings is 1. The van der Waals surface area contributed by atoms with Gasteiger partial charge in [0, 0.05) is 37.1 Å². The Morgan fingerprint density at radius 2 is 1.96 bits per heavy atom. The number of halogens is 1. The molecule has 0 unspecified atom stereocenters. The quantitative estimate of drug-likeness (QED) is 0.716. The van der Waals surface area contributed by atoms with Crippen LogP contribution in [0.15, 0.2) is 42.7 Å². The lowest BCUT2D eigenvalue weighted by Crippen LogP contribution is -2.15. The summed E-state index contributed by atoms with van der Waals surface area (Å²) >= 11 is 0. The molecule has 0 bridgehead atoms. The van der Waals surface area contributed by atoms with Gasteiger partial charge in [-0.3, -0.25) is 0 Å². The van der Waals surface area contributed by atoms with E-state index in [9.17, 15) is 4.39 Å². The fourth-order valence-electron chi connectivity index (χ4n) is 3.12. The molecule has 25 heavy (non-hydrogen) atoms. The van der Waals surface area contributed by atoms with Crippen molar-refractivity contribution in [3.05, 3.63) is 48.5 Å². The Kier molecular flexibility index (Phi) is 4.56. The van der Waals surface area contributed by atoms with Crippen LogP contribution in [-0.2, 0) is 11.3 Å². The van der Waals surface area contributed by atoms with Gasteiger partial charge in [-0.1, -0.05) is 0 Å². The topological polar surface area (TPSA) is 57.8 Å². The Balaban J connectivity index is 1.64. The molecule has 6 nitrogen and oxygen atoms in total. The van der Waals surface area contributed by atoms with Crippen LogP contribution in [0.4, 0.5) is 4.39 Å². The summed E-state index contributed by atoms with van der Waals surface area (Å²) in [6.07, 6.45) is 5.46. The van der Waals surface area contributed by atoms with E-state index in [1.54, 1.807) is 15.6 Å². The molecule has 0 aliphatic carbocycles. The van der Waals surface area contributed by atoms with E-state index in [2.05, 4.69) is 10.2 Å². The van der Waals surface area contributed by atoms with Crippen molar-refractivity contribution in [2.75, 3.05) is 19.9 Å². The minimum atomic E-state index is -0.463. The molecule has 0 atom stereocenters. The first-order valence-corrected chi connectivity index (χ1v) is 8.54. The SMILES string of the molecule is FCCn1nc(C2CCOCC2)nc1-c1ccc(-n2cccn2)cc1. The molecule has 7 heteroatoms. The molecule has 0 radical (unpaired) electrons. The van der Waals surface area contributed by atoms with Crippen molar-refractivity contribution in [1.29, 1.82) is 0 Å². The van der Waals surface area contributed by atoms with Gasteiger partial charge in [0.2, 0.25) is 0 Å². The molecule has 1 fully saturated rings. The zero-order chi connectivity index (χ0) is 17.1. The van der Waals surface area contributed by atoms with Crippen molar-refractivity contribution >= 4 is 0 Å². The molecule has 3 aromatic rings. The van der Waals surface area contributed by atoms with Gasteiger partial charge in [-0.25, -0.2) is 18.7 Å². The van der Waals surface area contributed by atoms with Gasteiger partial charge in [0.15, 0.2) is 11.6 Å². The van der Waals surface area contributed by atoms with Gasteiger partial charge < -0.3 is 4.74 Å². The summed E-state index contributed by atoms with van der Waals surface area (Å²) in [6.45, 7) is 1.22. The third kappa shape index (κ3) is 3.32. The van der Waals surface area contributed by atoms with E-state index >= 15 is 0 Å². The predicted octanol–water partition coefficient (Wildman–Crippen LogP) is 2.99. The van der Waals surface area contributed by atoms with E-state index in [-0.39, 0.29) is 12.5 Å². The third-order valence-corrected chi connectivity index (χ3v) is 4.47. The Bertz CT molecular complexity index is 807. The van der Waals surface area contributed by atoms with Crippen LogP contribution in [-0.4, -0.2) is 44.4 Å². The molecule has 1 aliphatic rings. The van der Waals surface area contributed by atoms with Crippen molar-refractivity contribution in [3.8, 4) is 17.1 Å². The first-order valence-electron chi connectivity index (χ1n) is 8.54. The van der Waals surface area contributed by atoms with Gasteiger partial charge in [0.25, 0.3) is 0 Å². The van der Waals surface area contributed by atoms with E-state index in [0.717, 1.165) is 43.1 Å². The minimum Gasteiger partial charge on any atom is -0.381 e. The largest absolute Gasteiger partial charge is 0.381 e. The number of aromatic nitrogens is 5. The average molecular weight is 341 g/mol. The number of alkyl halides is 1. The lowest BCUT2D eigenvalue weighted by molar-refractivity contribution is 0.0835. The number of nitrogens with zero attached hydrogens (tertiary/aromatic N) is 5. The monoisotopic (exact) mass is 341 g/mol. The Labute approximate surface area is 145 Å². The zero-order valence-corrected chi connectivity index (χ0v) is 13.9. The lowest BCUT2D eigenvalue weighted by atomic mass is 10.00. The molecule has 2 aromatic heterocycles. The highest BCUT2D eigenvalue weighted by Crippen LogP contribution is 2.27. The molecule has 1 aliphatic heterocycles. The Hall–Kier alpha value is -2.54. The highest BCUT2D eigenvalue weighted by atomic mass is 19.1. The van der Waals surface area contributed by atoms with Gasteiger partial charge in [-0.2, -0.15) is 10.2 Å². The summed E-state index contributed by atoms with van der Waals surface area (Å²) in [5, 5.41) is 8.79. The number of ether oxygens (including phenoxy) is 1. The zero-order valence-electron chi connectivity index (χ0n) is 13.9. The lowest BCUT2D eigenvalue weighted by Gasteiger charge is -2.18. The maximum absolute atomic E-state index is 13.0. The molecule has 0 spiro atoms. The number of aryl methyl sites for hydroxylation is 1. The summed E-state index contributed by atoms with van der Waals surface area (Å²) in [5.41, 5.74) is 1.89. The average Bonchev–Trinajstić information content (AvgIpc) is 3.33. The highest BCUT2D eigenvalue weighted by Gasteiger charge is 2.22. The molecule has 1 saturated heterocycles. The second kappa shape index (κ2) is 7.14. The molecule has 1 aromatic carbocycles. The minimum absolute atomic E-state index is 0.215. The van der Waals surface area contributed by atoms with Crippen LogP contribution >= 0.6 is 0 Å². The van der Waals surface area contributed by atoms with E-state index in [1.165, 1.54) is 0 Å². The standard InChI is InChI=1S/C18H20FN5O/c19-8-11-24-18(21-17(22-24)14-6-12-25-13-7-14)15-2-4-16(5-3-15)23-10-1-9-20-23/h1-5,9-10,14H,6-8,11-13H2. The van der Waals surface area contributed by atoms with Gasteiger partial charge in [0.05, 0.1) is 12.2 Å². The summed E-state index contributed by atoms with van der Waals surface area (Å²) in [7, 11) is 0. The molecule has 0 saturated carbocycles. The second-order valence-electron chi connectivity index (χ2n) is 6.09. The Morgan fingerprint density at radius 1 is 1.16 bits per heavy atom. The van der Waals surface area contributed by atoms with Crippen molar-refractivity contribution in [1.82, 2.24) is 24.5 Å². The van der Waals surface area contributed by atoms with Crippen LogP contribution in [0.2, 0.25) is 0 Å². The van der Waals surface area contributed by atoms with Gasteiger partial charge in [-0.05, 0) is 43.2 Å². The molecule has 4 rings (SSSR count). The number of hydrogen-bond acceptors (Lipinski definition) is 4. The number of hydrogen-bond donors (Lipinski definition) is 0. The maximum Gasteiger partial charge on any atom is 0.158 e. The van der Waals surface area contributed by atoms with Gasteiger partial charge in [-0.15, -0.1) is 0 Å². The first-order chi connectivity index (χ1) is 12.3. The van der Waals surface area contributed by atoms with Crippen molar-refractivity contribution in [2.45, 2.75) is 25.3 Å². The van der Waals surface area contributed by atoms with Crippen molar-refractivity contribution in [3.63, 3.8) is 0 Å². The van der Waals surface area contributed by atoms with Crippen LogP contribution < -0.4 is 0 Å². The van der Waals surface area contributed by atoms with E-state index < -0.39 is 6.67 Å².